The molecule has 0 aromatic carbocycles. The van der Waals surface area contributed by atoms with E-state index in [2.05, 4.69) is 15.1 Å². The molecule has 0 saturated carbocycles. The molecule has 6 heteroatoms. The van der Waals surface area contributed by atoms with Crippen molar-refractivity contribution >= 4 is 5.97 Å². The maximum atomic E-state index is 11.4. The van der Waals surface area contributed by atoms with Crippen LogP contribution in [0.1, 0.15) is 22.8 Å². The molecule has 0 saturated heterocycles. The van der Waals surface area contributed by atoms with Crippen molar-refractivity contribution in [2.45, 2.75) is 13.8 Å². The van der Waals surface area contributed by atoms with Gasteiger partial charge in [-0.3, -0.25) is 0 Å². The van der Waals surface area contributed by atoms with Crippen molar-refractivity contribution in [1.29, 1.82) is 0 Å². The second-order valence-electron chi connectivity index (χ2n) is 3.45. The Kier molecular flexibility index (Phi) is 3.13. The van der Waals surface area contributed by atoms with Crippen molar-refractivity contribution in [3.8, 4) is 5.95 Å². The fourth-order valence-electron chi connectivity index (χ4n) is 1.26. The third-order valence-corrected chi connectivity index (χ3v) is 2.07. The molecule has 0 unspecified atom stereocenters. The Morgan fingerprint density at radius 2 is 2.06 bits per heavy atom. The van der Waals surface area contributed by atoms with E-state index < -0.39 is 5.97 Å². The second-order valence-corrected chi connectivity index (χ2v) is 3.45. The van der Waals surface area contributed by atoms with E-state index in [-0.39, 0.29) is 0 Å². The summed E-state index contributed by atoms with van der Waals surface area (Å²) in [5.74, 6) is 0.0250. The average Bonchev–Trinajstić information content (AvgIpc) is 2.80. The lowest BCUT2D eigenvalue weighted by Gasteiger charge is -1.98. The van der Waals surface area contributed by atoms with Crippen LogP contribution in [0.25, 0.3) is 5.95 Å². The van der Waals surface area contributed by atoms with Gasteiger partial charge < -0.3 is 4.74 Å². The number of ether oxygens (including phenoxy) is 1. The first-order valence-corrected chi connectivity index (χ1v) is 5.21. The van der Waals surface area contributed by atoms with Crippen LogP contribution in [0.4, 0.5) is 0 Å². The minimum absolute atomic E-state index is 0.338. The quantitative estimate of drug-likeness (QED) is 0.742. The lowest BCUT2D eigenvalue weighted by Crippen LogP contribution is -2.04. The number of esters is 1. The maximum Gasteiger partial charge on any atom is 0.341 e. The van der Waals surface area contributed by atoms with Gasteiger partial charge in [-0.1, -0.05) is 0 Å². The van der Waals surface area contributed by atoms with E-state index in [9.17, 15) is 4.79 Å². The zero-order valence-electron chi connectivity index (χ0n) is 9.62. The molecule has 0 bridgehead atoms. The highest BCUT2D eigenvalue weighted by molar-refractivity contribution is 5.88. The molecule has 0 atom stereocenters. The molecule has 0 aliphatic carbocycles. The van der Waals surface area contributed by atoms with Crippen molar-refractivity contribution in [2.24, 2.45) is 0 Å². The molecule has 2 rings (SSSR count). The Hall–Kier alpha value is -2.24. The van der Waals surface area contributed by atoms with Crippen LogP contribution in [0, 0.1) is 6.92 Å². The van der Waals surface area contributed by atoms with Crippen LogP contribution < -0.4 is 0 Å². The summed E-state index contributed by atoms with van der Waals surface area (Å²) in [6, 6.07) is 0. The minimum atomic E-state index is -0.397. The van der Waals surface area contributed by atoms with Gasteiger partial charge in [-0.05, 0) is 19.4 Å². The number of aromatic nitrogens is 4. The van der Waals surface area contributed by atoms with Gasteiger partial charge in [-0.25, -0.2) is 19.4 Å². The molecular formula is C11H12N4O2. The van der Waals surface area contributed by atoms with Gasteiger partial charge in [0.05, 0.1) is 18.4 Å². The maximum absolute atomic E-state index is 11.4. The minimum Gasteiger partial charge on any atom is -0.462 e. The van der Waals surface area contributed by atoms with Crippen LogP contribution in [-0.2, 0) is 4.74 Å². The Balaban J connectivity index is 2.23. The standard InChI is InChI=1S/C11H12N4O2/c1-3-17-10(16)9-6-14-15(7-9)11-12-4-8(2)5-13-11/h4-7H,3H2,1-2H3. The van der Waals surface area contributed by atoms with Gasteiger partial charge >= 0.3 is 5.97 Å². The predicted octanol–water partition coefficient (Wildman–Crippen LogP) is 1.15. The van der Waals surface area contributed by atoms with E-state index in [1.165, 1.54) is 10.9 Å². The van der Waals surface area contributed by atoms with Crippen molar-refractivity contribution in [2.75, 3.05) is 6.61 Å². The summed E-state index contributed by atoms with van der Waals surface area (Å²) in [5, 5.41) is 4.01. The highest BCUT2D eigenvalue weighted by Gasteiger charge is 2.10. The molecular weight excluding hydrogens is 220 g/mol. The van der Waals surface area contributed by atoms with E-state index in [1.807, 2.05) is 6.92 Å². The molecule has 6 nitrogen and oxygen atoms in total. The van der Waals surface area contributed by atoms with E-state index in [0.717, 1.165) is 5.56 Å². The zero-order valence-corrected chi connectivity index (χ0v) is 9.62. The van der Waals surface area contributed by atoms with Crippen LogP contribution in [0.2, 0.25) is 0 Å². The van der Waals surface area contributed by atoms with Crippen molar-refractivity contribution in [1.82, 2.24) is 19.7 Å². The van der Waals surface area contributed by atoms with Crippen LogP contribution in [0.15, 0.2) is 24.8 Å². The summed E-state index contributed by atoms with van der Waals surface area (Å²) < 4.78 is 6.30. The van der Waals surface area contributed by atoms with Gasteiger partial charge in [-0.2, -0.15) is 5.10 Å². The van der Waals surface area contributed by atoms with Crippen molar-refractivity contribution in [3.63, 3.8) is 0 Å². The Morgan fingerprint density at radius 1 is 1.35 bits per heavy atom. The van der Waals surface area contributed by atoms with Gasteiger partial charge in [0.15, 0.2) is 0 Å². The number of aryl methyl sites for hydroxylation is 1. The summed E-state index contributed by atoms with van der Waals surface area (Å²) in [4.78, 5) is 19.6. The number of nitrogens with zero attached hydrogens (tertiary/aromatic N) is 4. The molecule has 17 heavy (non-hydrogen) atoms. The van der Waals surface area contributed by atoms with E-state index in [1.54, 1.807) is 25.5 Å². The first-order chi connectivity index (χ1) is 8.20. The number of rotatable bonds is 3. The summed E-state index contributed by atoms with van der Waals surface area (Å²) in [7, 11) is 0. The summed E-state index contributed by atoms with van der Waals surface area (Å²) in [6.45, 7) is 3.99. The fraction of sp³-hybridized carbons (Fsp3) is 0.273. The molecule has 0 fully saturated rings. The molecule has 2 aromatic rings. The summed E-state index contributed by atoms with van der Waals surface area (Å²) in [5.41, 5.74) is 1.35. The lowest BCUT2D eigenvalue weighted by atomic mass is 10.4. The second kappa shape index (κ2) is 4.73. The largest absolute Gasteiger partial charge is 0.462 e. The zero-order chi connectivity index (χ0) is 12.3. The SMILES string of the molecule is CCOC(=O)c1cnn(-c2ncc(C)cn2)c1. The van der Waals surface area contributed by atoms with Crippen LogP contribution >= 0.6 is 0 Å². The van der Waals surface area contributed by atoms with Crippen LogP contribution in [0.5, 0.6) is 0 Å². The van der Waals surface area contributed by atoms with Crippen LogP contribution in [-0.4, -0.2) is 32.3 Å². The molecule has 0 spiro atoms. The molecule has 88 valence electrons. The molecule has 0 aliphatic rings. The third-order valence-electron chi connectivity index (χ3n) is 2.07. The third kappa shape index (κ3) is 2.47. The Labute approximate surface area is 98.3 Å². The molecule has 0 radical (unpaired) electrons. The predicted molar refractivity (Wildman–Crippen MR) is 59.8 cm³/mol. The number of hydrogen-bond acceptors (Lipinski definition) is 5. The smallest absolute Gasteiger partial charge is 0.341 e. The number of carbonyl (C=O) groups is 1. The van der Waals surface area contributed by atoms with E-state index in [0.29, 0.717) is 18.1 Å². The summed E-state index contributed by atoms with van der Waals surface area (Å²) in [6.07, 6.45) is 6.35. The number of hydrogen-bond donors (Lipinski definition) is 0. The Morgan fingerprint density at radius 3 is 2.71 bits per heavy atom. The highest BCUT2D eigenvalue weighted by atomic mass is 16.5. The average molecular weight is 232 g/mol. The van der Waals surface area contributed by atoms with Crippen molar-refractivity contribution in [3.05, 3.63) is 35.9 Å². The Bertz CT molecular complexity index is 519. The molecule has 0 amide bonds. The molecule has 2 aromatic heterocycles. The van der Waals surface area contributed by atoms with Gasteiger partial charge in [0, 0.05) is 18.6 Å². The lowest BCUT2D eigenvalue weighted by molar-refractivity contribution is 0.0526. The van der Waals surface area contributed by atoms with Gasteiger partial charge in [-0.15, -0.1) is 0 Å². The topological polar surface area (TPSA) is 69.9 Å². The molecule has 2 heterocycles. The molecule has 0 N–H and O–H groups in total. The number of carbonyl (C=O) groups excluding carboxylic acids is 1. The summed E-state index contributed by atoms with van der Waals surface area (Å²) >= 11 is 0. The normalized spacial score (nSPS) is 10.2. The first-order valence-electron chi connectivity index (χ1n) is 5.21. The van der Waals surface area contributed by atoms with Crippen LogP contribution in [0.3, 0.4) is 0 Å². The van der Waals surface area contributed by atoms with Gasteiger partial charge in [0.25, 0.3) is 0 Å². The highest BCUT2D eigenvalue weighted by Crippen LogP contribution is 2.05. The monoisotopic (exact) mass is 232 g/mol. The van der Waals surface area contributed by atoms with E-state index >= 15 is 0 Å². The first kappa shape index (κ1) is 11.3. The fourth-order valence-corrected chi connectivity index (χ4v) is 1.26. The van der Waals surface area contributed by atoms with Crippen molar-refractivity contribution < 1.29 is 9.53 Å². The van der Waals surface area contributed by atoms with E-state index in [4.69, 9.17) is 4.74 Å². The van der Waals surface area contributed by atoms with Gasteiger partial charge in [0.1, 0.15) is 0 Å². The molecule has 0 aliphatic heterocycles. The van der Waals surface area contributed by atoms with Gasteiger partial charge in [0.2, 0.25) is 5.95 Å².